The summed E-state index contributed by atoms with van der Waals surface area (Å²) in [7, 11) is 0. The third kappa shape index (κ3) is 3.74. The van der Waals surface area contributed by atoms with Crippen LogP contribution in [0.3, 0.4) is 0 Å². The number of fused-ring (bicyclic) bond motifs is 1. The third-order valence-corrected chi connectivity index (χ3v) is 6.22. The largest absolute Gasteiger partial charge is 0.479 e. The van der Waals surface area contributed by atoms with Gasteiger partial charge in [0, 0.05) is 30.1 Å². The number of aryl methyl sites for hydroxylation is 1. The van der Waals surface area contributed by atoms with Gasteiger partial charge in [0.1, 0.15) is 11.3 Å². The van der Waals surface area contributed by atoms with E-state index in [0.717, 1.165) is 30.5 Å². The number of carbonyl (C=O) groups excluding carboxylic acids is 1. The summed E-state index contributed by atoms with van der Waals surface area (Å²) in [6.45, 7) is 8.51. The van der Waals surface area contributed by atoms with Crippen molar-refractivity contribution in [3.05, 3.63) is 38.7 Å². The van der Waals surface area contributed by atoms with Gasteiger partial charge in [0.2, 0.25) is 0 Å². The van der Waals surface area contributed by atoms with Crippen molar-refractivity contribution < 1.29 is 18.7 Å². The minimum atomic E-state index is -0.729. The van der Waals surface area contributed by atoms with Crippen LogP contribution in [0.1, 0.15) is 24.5 Å². The Morgan fingerprint density at radius 2 is 2.14 bits per heavy atom. The molecule has 2 aliphatic rings. The summed E-state index contributed by atoms with van der Waals surface area (Å²) in [5.41, 5.74) is 1.06. The Labute approximate surface area is 173 Å². The Morgan fingerprint density at radius 1 is 1.34 bits per heavy atom. The molecule has 0 aliphatic carbocycles. The first kappa shape index (κ1) is 20.2. The maximum absolute atomic E-state index is 13.0. The molecule has 1 spiro atoms. The highest BCUT2D eigenvalue weighted by molar-refractivity contribution is 6.32. The molecule has 0 radical (unpaired) electrons. The van der Waals surface area contributed by atoms with Crippen molar-refractivity contribution >= 4 is 28.5 Å². The van der Waals surface area contributed by atoms with Crippen molar-refractivity contribution in [2.75, 3.05) is 32.8 Å². The minimum Gasteiger partial charge on any atom is -0.479 e. The predicted molar refractivity (Wildman–Crippen MR) is 110 cm³/mol. The maximum atomic E-state index is 13.0. The standard InChI is InChI=1S/C21H25ClN2O5/c1-12-13(2)20(26)29-17-9-18(16(22)8-15(12)17)28-14(3)19(25)24-6-7-27-21(11-24)4-5-23-10-21/h8-9,14,23H,4-7,10-11H2,1-3H3. The summed E-state index contributed by atoms with van der Waals surface area (Å²) in [6, 6.07) is 3.29. The topological polar surface area (TPSA) is 81.0 Å². The lowest BCUT2D eigenvalue weighted by Crippen LogP contribution is -2.56. The van der Waals surface area contributed by atoms with Crippen LogP contribution < -0.4 is 15.7 Å². The molecule has 0 saturated carbocycles. The zero-order valence-electron chi connectivity index (χ0n) is 16.8. The predicted octanol–water partition coefficient (Wildman–Crippen LogP) is 2.42. The average Bonchev–Trinajstić information content (AvgIpc) is 3.14. The van der Waals surface area contributed by atoms with E-state index in [1.165, 1.54) is 0 Å². The van der Waals surface area contributed by atoms with Gasteiger partial charge >= 0.3 is 5.63 Å². The van der Waals surface area contributed by atoms with Crippen LogP contribution in [0.5, 0.6) is 5.75 Å². The summed E-state index contributed by atoms with van der Waals surface area (Å²) < 4.78 is 17.2. The Kier molecular flexibility index (Phi) is 5.31. The lowest BCUT2D eigenvalue weighted by molar-refractivity contribution is -0.153. The zero-order chi connectivity index (χ0) is 20.8. The summed E-state index contributed by atoms with van der Waals surface area (Å²) in [6.07, 6.45) is 0.160. The minimum absolute atomic E-state index is 0.114. The number of hydrogen-bond acceptors (Lipinski definition) is 6. The van der Waals surface area contributed by atoms with E-state index in [1.54, 1.807) is 30.9 Å². The molecule has 2 saturated heterocycles. The smallest absolute Gasteiger partial charge is 0.339 e. The highest BCUT2D eigenvalue weighted by atomic mass is 35.5. The summed E-state index contributed by atoms with van der Waals surface area (Å²) in [5.74, 6) is 0.203. The Bertz CT molecular complexity index is 1010. The number of morpholine rings is 1. The van der Waals surface area contributed by atoms with E-state index < -0.39 is 11.7 Å². The van der Waals surface area contributed by atoms with Crippen LogP contribution in [0.15, 0.2) is 21.3 Å². The molecule has 2 fully saturated rings. The van der Waals surface area contributed by atoms with E-state index in [1.807, 2.05) is 6.92 Å². The van der Waals surface area contributed by atoms with E-state index in [0.29, 0.717) is 41.6 Å². The van der Waals surface area contributed by atoms with Crippen molar-refractivity contribution in [1.82, 2.24) is 10.2 Å². The Morgan fingerprint density at radius 3 is 2.86 bits per heavy atom. The molecule has 1 aromatic heterocycles. The molecule has 0 bridgehead atoms. The molecule has 1 N–H and O–H groups in total. The highest BCUT2D eigenvalue weighted by Crippen LogP contribution is 2.33. The van der Waals surface area contributed by atoms with Crippen LogP contribution in [0.4, 0.5) is 0 Å². The Balaban J connectivity index is 1.54. The molecule has 2 unspecified atom stereocenters. The number of carbonyl (C=O) groups is 1. The quantitative estimate of drug-likeness (QED) is 0.768. The molecular weight excluding hydrogens is 396 g/mol. The lowest BCUT2D eigenvalue weighted by atomic mass is 10.0. The molecule has 2 aliphatic heterocycles. The molecule has 156 valence electrons. The van der Waals surface area contributed by atoms with Crippen LogP contribution >= 0.6 is 11.6 Å². The normalized spacial score (nSPS) is 23.0. The summed E-state index contributed by atoms with van der Waals surface area (Å²) >= 11 is 6.40. The van der Waals surface area contributed by atoms with Gasteiger partial charge < -0.3 is 24.1 Å². The fourth-order valence-electron chi connectivity index (χ4n) is 4.04. The van der Waals surface area contributed by atoms with Crippen molar-refractivity contribution in [3.63, 3.8) is 0 Å². The number of nitrogens with zero attached hydrogens (tertiary/aromatic N) is 1. The maximum Gasteiger partial charge on any atom is 0.339 e. The number of hydrogen-bond donors (Lipinski definition) is 1. The second-order valence-electron chi connectivity index (χ2n) is 7.90. The summed E-state index contributed by atoms with van der Waals surface area (Å²) in [4.78, 5) is 26.8. The zero-order valence-corrected chi connectivity index (χ0v) is 17.6. The average molecular weight is 421 g/mol. The number of nitrogens with one attached hydrogen (secondary N) is 1. The number of benzene rings is 1. The van der Waals surface area contributed by atoms with Gasteiger partial charge in [0.25, 0.3) is 5.91 Å². The first-order valence-corrected chi connectivity index (χ1v) is 10.2. The van der Waals surface area contributed by atoms with Crippen LogP contribution in [0.2, 0.25) is 5.02 Å². The molecule has 7 nitrogen and oxygen atoms in total. The molecule has 4 rings (SSSR count). The number of ether oxygens (including phenoxy) is 2. The van der Waals surface area contributed by atoms with Crippen molar-refractivity contribution in [2.24, 2.45) is 0 Å². The third-order valence-electron chi connectivity index (χ3n) is 5.93. The number of halogens is 1. The van der Waals surface area contributed by atoms with E-state index in [9.17, 15) is 9.59 Å². The monoisotopic (exact) mass is 420 g/mol. The molecule has 3 heterocycles. The van der Waals surface area contributed by atoms with E-state index in [2.05, 4.69) is 5.32 Å². The van der Waals surface area contributed by atoms with Gasteiger partial charge in [0.15, 0.2) is 6.10 Å². The SMILES string of the molecule is Cc1c(C)c2cc(Cl)c(OC(C)C(=O)N3CCOC4(CCNC4)C3)cc2oc1=O. The second kappa shape index (κ2) is 7.63. The van der Waals surface area contributed by atoms with E-state index in [-0.39, 0.29) is 11.5 Å². The van der Waals surface area contributed by atoms with Crippen LogP contribution in [-0.2, 0) is 9.53 Å². The fraction of sp³-hybridized carbons (Fsp3) is 0.524. The van der Waals surface area contributed by atoms with Gasteiger partial charge in [-0.25, -0.2) is 4.79 Å². The number of amides is 1. The molecule has 1 amide bonds. The van der Waals surface area contributed by atoms with Gasteiger partial charge in [0.05, 0.1) is 23.8 Å². The van der Waals surface area contributed by atoms with Gasteiger partial charge in [-0.3, -0.25) is 4.79 Å². The van der Waals surface area contributed by atoms with Crippen molar-refractivity contribution in [2.45, 2.75) is 38.9 Å². The number of rotatable bonds is 3. The first-order chi connectivity index (χ1) is 13.8. The second-order valence-corrected chi connectivity index (χ2v) is 8.30. The molecule has 8 heteroatoms. The molecule has 2 atom stereocenters. The van der Waals surface area contributed by atoms with Gasteiger partial charge in [-0.1, -0.05) is 11.6 Å². The van der Waals surface area contributed by atoms with Gasteiger partial charge in [-0.05, 0) is 45.4 Å². The van der Waals surface area contributed by atoms with Crippen molar-refractivity contribution in [1.29, 1.82) is 0 Å². The Hall–Kier alpha value is -2.09. The molecular formula is C21H25ClN2O5. The van der Waals surface area contributed by atoms with Crippen molar-refractivity contribution in [3.8, 4) is 5.75 Å². The molecule has 1 aromatic carbocycles. The summed E-state index contributed by atoms with van der Waals surface area (Å²) in [5, 5.41) is 4.42. The van der Waals surface area contributed by atoms with E-state index >= 15 is 0 Å². The van der Waals surface area contributed by atoms with Gasteiger partial charge in [-0.15, -0.1) is 0 Å². The van der Waals surface area contributed by atoms with Gasteiger partial charge in [-0.2, -0.15) is 0 Å². The van der Waals surface area contributed by atoms with Crippen LogP contribution in [0.25, 0.3) is 11.0 Å². The van der Waals surface area contributed by atoms with E-state index in [4.69, 9.17) is 25.5 Å². The molecule has 29 heavy (non-hydrogen) atoms. The highest BCUT2D eigenvalue weighted by Gasteiger charge is 2.41. The fourth-order valence-corrected chi connectivity index (χ4v) is 4.25. The lowest BCUT2D eigenvalue weighted by Gasteiger charge is -2.40. The van der Waals surface area contributed by atoms with Crippen LogP contribution in [-0.4, -0.2) is 55.3 Å². The van der Waals surface area contributed by atoms with Crippen LogP contribution in [0, 0.1) is 13.8 Å². The molecule has 2 aromatic rings. The first-order valence-electron chi connectivity index (χ1n) is 9.83.